The van der Waals surface area contributed by atoms with Crippen LogP contribution in [-0.4, -0.2) is 20.2 Å². The number of hydrogen-bond acceptors (Lipinski definition) is 4. The predicted octanol–water partition coefficient (Wildman–Crippen LogP) is 4.99. The molecule has 0 aliphatic heterocycles. The highest BCUT2D eigenvalue weighted by Gasteiger charge is 2.07. The van der Waals surface area contributed by atoms with Crippen molar-refractivity contribution in [2.24, 2.45) is 0 Å². The van der Waals surface area contributed by atoms with Gasteiger partial charge in [-0.15, -0.1) is 11.3 Å². The van der Waals surface area contributed by atoms with Gasteiger partial charge in [0.05, 0.1) is 11.5 Å². The lowest BCUT2D eigenvalue weighted by Crippen LogP contribution is -2.22. The molecule has 4 heteroatoms. The van der Waals surface area contributed by atoms with Crippen LogP contribution in [0.3, 0.4) is 0 Å². The van der Waals surface area contributed by atoms with Crippen molar-refractivity contribution in [2.75, 3.05) is 25.1 Å². The van der Waals surface area contributed by atoms with Crippen molar-refractivity contribution in [1.29, 1.82) is 0 Å². The van der Waals surface area contributed by atoms with Crippen LogP contribution in [0.15, 0.2) is 58.6 Å². The van der Waals surface area contributed by atoms with Crippen LogP contribution < -0.4 is 9.64 Å². The molecule has 0 saturated heterocycles. The molecule has 0 aliphatic carbocycles. The summed E-state index contributed by atoms with van der Waals surface area (Å²) < 4.78 is 5.74. The largest absolute Gasteiger partial charge is 0.492 e. The number of ether oxygens (including phenoxy) is 1. The molecule has 0 spiro atoms. The Morgan fingerprint density at radius 2 is 1.90 bits per heavy atom. The van der Waals surface area contributed by atoms with E-state index in [-0.39, 0.29) is 0 Å². The Hall–Kier alpha value is -1.78. The number of hydrogen-bond donors (Lipinski definition) is 0. The fourth-order valence-electron chi connectivity index (χ4n) is 2.03. The summed E-state index contributed by atoms with van der Waals surface area (Å²) in [4.78, 5) is 2.24. The summed E-state index contributed by atoms with van der Waals surface area (Å²) in [5.74, 6) is 0.927. The molecule has 0 aliphatic rings. The quantitative estimate of drug-likeness (QED) is 0.635. The lowest BCUT2D eigenvalue weighted by Gasteiger charge is -2.17. The summed E-state index contributed by atoms with van der Waals surface area (Å²) in [5.41, 5.74) is 2.60. The van der Waals surface area contributed by atoms with Crippen molar-refractivity contribution in [3.63, 3.8) is 0 Å². The van der Waals surface area contributed by atoms with Crippen molar-refractivity contribution in [3.8, 4) is 16.9 Å². The minimum absolute atomic E-state index is 0.687. The molecular weight excluding hydrogens is 298 g/mol. The second-order valence-electron chi connectivity index (χ2n) is 4.77. The minimum atomic E-state index is 0.687. The van der Waals surface area contributed by atoms with Gasteiger partial charge in [0.2, 0.25) is 0 Å². The van der Waals surface area contributed by atoms with E-state index < -0.39 is 0 Å². The maximum atomic E-state index is 5.74. The number of para-hydroxylation sites is 1. The van der Waals surface area contributed by atoms with E-state index in [1.807, 2.05) is 30.3 Å². The number of rotatable bonds is 6. The van der Waals surface area contributed by atoms with Crippen molar-refractivity contribution >= 4 is 27.7 Å². The number of benzene rings is 1. The Balaban J connectivity index is 1.55. The highest BCUT2D eigenvalue weighted by molar-refractivity contribution is 7.14. The molecule has 0 radical (unpaired) electrons. The molecule has 2 heterocycles. The molecule has 0 N–H and O–H groups in total. The lowest BCUT2D eigenvalue weighted by atomic mass is 10.2. The van der Waals surface area contributed by atoms with Gasteiger partial charge in [-0.3, -0.25) is 0 Å². The van der Waals surface area contributed by atoms with Crippen LogP contribution in [0.2, 0.25) is 0 Å². The maximum absolute atomic E-state index is 5.74. The molecule has 0 amide bonds. The fourth-order valence-corrected chi connectivity index (χ4v) is 3.62. The minimum Gasteiger partial charge on any atom is -0.492 e. The van der Waals surface area contributed by atoms with Crippen LogP contribution in [0.4, 0.5) is 5.00 Å². The standard InChI is InChI=1S/C17H17NOS2/c1-18(8-9-19-16-5-3-2-4-6-16)17-11-15(13-21-17)14-7-10-20-12-14/h2-7,10-13H,8-9H2,1H3. The van der Waals surface area contributed by atoms with E-state index in [1.165, 1.54) is 16.1 Å². The summed E-state index contributed by atoms with van der Waals surface area (Å²) in [5, 5.41) is 7.79. The Bertz CT molecular complexity index is 661. The van der Waals surface area contributed by atoms with Crippen LogP contribution in [0.1, 0.15) is 0 Å². The van der Waals surface area contributed by atoms with E-state index in [0.717, 1.165) is 12.3 Å². The average molecular weight is 315 g/mol. The van der Waals surface area contributed by atoms with Gasteiger partial charge in [-0.1, -0.05) is 18.2 Å². The zero-order chi connectivity index (χ0) is 14.5. The molecule has 0 saturated carbocycles. The van der Waals surface area contributed by atoms with E-state index in [1.54, 1.807) is 22.7 Å². The third kappa shape index (κ3) is 3.65. The van der Waals surface area contributed by atoms with Gasteiger partial charge in [-0.2, -0.15) is 11.3 Å². The van der Waals surface area contributed by atoms with Gasteiger partial charge in [0.15, 0.2) is 0 Å². The van der Waals surface area contributed by atoms with E-state index in [4.69, 9.17) is 4.74 Å². The molecule has 1 aromatic carbocycles. The van der Waals surface area contributed by atoms with Gasteiger partial charge < -0.3 is 9.64 Å². The second kappa shape index (κ2) is 6.78. The summed E-state index contributed by atoms with van der Waals surface area (Å²) in [6, 6.07) is 14.4. The van der Waals surface area contributed by atoms with Crippen molar-refractivity contribution in [2.45, 2.75) is 0 Å². The first-order valence-electron chi connectivity index (χ1n) is 6.83. The molecular formula is C17H17NOS2. The van der Waals surface area contributed by atoms with E-state index in [2.05, 4.69) is 40.2 Å². The smallest absolute Gasteiger partial charge is 0.119 e. The van der Waals surface area contributed by atoms with Gasteiger partial charge >= 0.3 is 0 Å². The molecule has 2 nitrogen and oxygen atoms in total. The molecule has 0 bridgehead atoms. The van der Waals surface area contributed by atoms with Crippen molar-refractivity contribution in [3.05, 3.63) is 58.6 Å². The molecule has 2 aromatic heterocycles. The van der Waals surface area contributed by atoms with E-state index in [0.29, 0.717) is 6.61 Å². The second-order valence-corrected chi connectivity index (χ2v) is 6.44. The number of anilines is 1. The van der Waals surface area contributed by atoms with Gasteiger partial charge in [0.1, 0.15) is 12.4 Å². The lowest BCUT2D eigenvalue weighted by molar-refractivity contribution is 0.326. The molecule has 3 aromatic rings. The zero-order valence-corrected chi connectivity index (χ0v) is 13.5. The first kappa shape index (κ1) is 14.2. The number of likely N-dealkylation sites (N-methyl/N-ethyl adjacent to an activating group) is 1. The third-order valence-corrected chi connectivity index (χ3v) is 4.98. The van der Waals surface area contributed by atoms with Crippen molar-refractivity contribution < 1.29 is 4.74 Å². The molecule has 3 rings (SSSR count). The Morgan fingerprint density at radius 1 is 1.05 bits per heavy atom. The normalized spacial score (nSPS) is 10.5. The summed E-state index contributed by atoms with van der Waals surface area (Å²) in [6.07, 6.45) is 0. The SMILES string of the molecule is CN(CCOc1ccccc1)c1cc(-c2ccsc2)cs1. The van der Waals surface area contributed by atoms with Crippen LogP contribution >= 0.6 is 22.7 Å². The molecule has 0 unspecified atom stereocenters. The van der Waals surface area contributed by atoms with E-state index >= 15 is 0 Å². The number of thiophene rings is 2. The summed E-state index contributed by atoms with van der Waals surface area (Å²) >= 11 is 3.51. The zero-order valence-electron chi connectivity index (χ0n) is 11.9. The van der Waals surface area contributed by atoms with Crippen LogP contribution in [0.5, 0.6) is 5.75 Å². The Morgan fingerprint density at radius 3 is 2.67 bits per heavy atom. The van der Waals surface area contributed by atoms with Gasteiger partial charge in [0, 0.05) is 12.4 Å². The summed E-state index contributed by atoms with van der Waals surface area (Å²) in [6.45, 7) is 1.56. The topological polar surface area (TPSA) is 12.5 Å². The van der Waals surface area contributed by atoms with Gasteiger partial charge in [0.25, 0.3) is 0 Å². The van der Waals surface area contributed by atoms with E-state index in [9.17, 15) is 0 Å². The van der Waals surface area contributed by atoms with Gasteiger partial charge in [-0.05, 0) is 46.2 Å². The monoisotopic (exact) mass is 315 g/mol. The highest BCUT2D eigenvalue weighted by atomic mass is 32.1. The molecule has 0 atom stereocenters. The van der Waals surface area contributed by atoms with Crippen LogP contribution in [-0.2, 0) is 0 Å². The average Bonchev–Trinajstić information content (AvgIpc) is 3.19. The van der Waals surface area contributed by atoms with Gasteiger partial charge in [-0.25, -0.2) is 0 Å². The first-order valence-corrected chi connectivity index (χ1v) is 8.65. The molecule has 0 fully saturated rings. The maximum Gasteiger partial charge on any atom is 0.119 e. The first-order chi connectivity index (χ1) is 10.3. The summed E-state index contributed by atoms with van der Waals surface area (Å²) in [7, 11) is 2.11. The Kier molecular flexibility index (Phi) is 4.58. The van der Waals surface area contributed by atoms with Crippen LogP contribution in [0, 0.1) is 0 Å². The predicted molar refractivity (Wildman–Crippen MR) is 92.8 cm³/mol. The molecule has 108 valence electrons. The fraction of sp³-hybridized carbons (Fsp3) is 0.176. The third-order valence-electron chi connectivity index (χ3n) is 3.25. The molecule has 21 heavy (non-hydrogen) atoms. The van der Waals surface area contributed by atoms with Crippen molar-refractivity contribution in [1.82, 2.24) is 0 Å². The number of nitrogens with zero attached hydrogens (tertiary/aromatic N) is 1. The van der Waals surface area contributed by atoms with Crippen LogP contribution in [0.25, 0.3) is 11.1 Å². The Labute approximate surface area is 133 Å². The highest BCUT2D eigenvalue weighted by Crippen LogP contribution is 2.32.